The summed E-state index contributed by atoms with van der Waals surface area (Å²) in [6.07, 6.45) is 4.70. The van der Waals surface area contributed by atoms with E-state index in [1.54, 1.807) is 6.92 Å². The van der Waals surface area contributed by atoms with Crippen LogP contribution in [0.4, 0.5) is 0 Å². The maximum absolute atomic E-state index is 11.6. The molecule has 0 aromatic carbocycles. The maximum Gasteiger partial charge on any atom is 0.303 e. The SMILES string of the molecule is CCc1c(C)c2[nH]c1=CC1=C(C)C3=C(O)CC(=C4N=C(C(C)=C4CCC(=O)O)C(C)=C4N=C(C=2)C(C(C)O)=C4C)C3=N1. The molecule has 1 aromatic heterocycles. The third-order valence-electron chi connectivity index (χ3n) is 9.10. The Morgan fingerprint density at radius 2 is 1.69 bits per heavy atom. The number of aliphatic carboxylic acids is 1. The second-order valence-corrected chi connectivity index (χ2v) is 11.6. The van der Waals surface area contributed by atoms with Crippen LogP contribution < -0.4 is 10.7 Å². The normalized spacial score (nSPS) is 20.5. The number of hydrogen-bond donors (Lipinski definition) is 4. The Balaban J connectivity index is 1.73. The van der Waals surface area contributed by atoms with Crippen molar-refractivity contribution >= 4 is 35.3 Å². The zero-order chi connectivity index (χ0) is 30.2. The van der Waals surface area contributed by atoms with Crippen LogP contribution >= 0.6 is 0 Å². The Hall–Kier alpha value is -4.30. The molecule has 5 aliphatic rings. The molecule has 5 heterocycles. The number of rotatable bonds is 5. The Kier molecular flexibility index (Phi) is 6.57. The van der Waals surface area contributed by atoms with Crippen LogP contribution in [0.2, 0.25) is 0 Å². The quantitative estimate of drug-likeness (QED) is 0.412. The lowest BCUT2D eigenvalue weighted by Crippen LogP contribution is -2.17. The number of H-pyrrole nitrogens is 1. The Morgan fingerprint density at radius 1 is 0.952 bits per heavy atom. The van der Waals surface area contributed by atoms with E-state index < -0.39 is 12.1 Å². The highest BCUT2D eigenvalue weighted by Crippen LogP contribution is 2.45. The van der Waals surface area contributed by atoms with Crippen LogP contribution in [0.5, 0.6) is 0 Å². The number of aromatic amines is 1. The van der Waals surface area contributed by atoms with Crippen molar-refractivity contribution in [1.82, 2.24) is 4.98 Å². The molecule has 4 aliphatic heterocycles. The zero-order valence-electron chi connectivity index (χ0n) is 25.2. The van der Waals surface area contributed by atoms with Gasteiger partial charge in [0.1, 0.15) is 5.76 Å². The summed E-state index contributed by atoms with van der Waals surface area (Å²) in [7, 11) is 0. The average molecular weight is 565 g/mol. The van der Waals surface area contributed by atoms with Gasteiger partial charge in [-0.05, 0) is 100.0 Å². The topological polar surface area (TPSA) is 131 Å². The third kappa shape index (κ3) is 4.08. The van der Waals surface area contributed by atoms with Gasteiger partial charge in [0, 0.05) is 45.8 Å². The molecule has 216 valence electrons. The molecule has 0 fully saturated rings. The number of aliphatic hydroxyl groups is 2. The predicted octanol–water partition coefficient (Wildman–Crippen LogP) is 4.72. The van der Waals surface area contributed by atoms with E-state index in [0.29, 0.717) is 30.0 Å². The molecule has 0 amide bonds. The van der Waals surface area contributed by atoms with Gasteiger partial charge in [-0.1, -0.05) is 6.92 Å². The number of fused-ring (bicyclic) bond motifs is 5. The average Bonchev–Trinajstić information content (AvgIpc) is 3.68. The van der Waals surface area contributed by atoms with E-state index in [4.69, 9.17) is 15.0 Å². The minimum Gasteiger partial charge on any atom is -0.511 e. The first-order valence-corrected chi connectivity index (χ1v) is 14.5. The summed E-state index contributed by atoms with van der Waals surface area (Å²) < 4.78 is 0. The molecule has 8 nitrogen and oxygen atoms in total. The van der Waals surface area contributed by atoms with Crippen LogP contribution in [-0.2, 0) is 11.2 Å². The molecular weight excluding hydrogens is 528 g/mol. The number of carboxylic acid groups (broad SMARTS) is 1. The van der Waals surface area contributed by atoms with Gasteiger partial charge in [0.15, 0.2) is 0 Å². The van der Waals surface area contributed by atoms with Crippen molar-refractivity contribution in [2.75, 3.05) is 0 Å². The maximum atomic E-state index is 11.6. The lowest BCUT2D eigenvalue weighted by molar-refractivity contribution is -0.136. The number of aliphatic hydroxyl groups excluding tert-OH is 2. The molecular formula is C34H36N4O4. The van der Waals surface area contributed by atoms with Crippen LogP contribution in [-0.4, -0.2) is 49.5 Å². The highest BCUT2D eigenvalue weighted by Gasteiger charge is 2.37. The standard InChI is InChI=1S/C34H36N4O4/c1-8-20-14(2)23-13-26-29(19(7)39)17(5)32(37-26)18(6)31-15(3)21(9-10-28(41)42)33(38-31)22-11-27(40)30-16(4)24(36-34(22)30)12-25(20)35-23/h12-13,19,35,39-40H,8-11H2,1-7H3,(H,41,42). The Bertz CT molecular complexity index is 1930. The smallest absolute Gasteiger partial charge is 0.303 e. The molecule has 6 rings (SSSR count). The van der Waals surface area contributed by atoms with E-state index in [1.165, 1.54) is 5.56 Å². The first kappa shape index (κ1) is 27.8. The van der Waals surface area contributed by atoms with Crippen molar-refractivity contribution in [2.45, 2.75) is 80.3 Å². The summed E-state index contributed by atoms with van der Waals surface area (Å²) in [5, 5.41) is 33.4. The summed E-state index contributed by atoms with van der Waals surface area (Å²) in [5.74, 6) is -0.625. The van der Waals surface area contributed by atoms with Crippen molar-refractivity contribution in [1.29, 1.82) is 0 Å². The van der Waals surface area contributed by atoms with Gasteiger partial charge in [0.05, 0.1) is 40.3 Å². The molecule has 1 atom stereocenters. The van der Waals surface area contributed by atoms with E-state index in [1.807, 2.05) is 39.8 Å². The monoisotopic (exact) mass is 564 g/mol. The Labute approximate surface area is 244 Å². The number of aliphatic imine (C=N–C) groups is 3. The number of hydrogen-bond acceptors (Lipinski definition) is 6. The van der Waals surface area contributed by atoms with Gasteiger partial charge in [0.2, 0.25) is 0 Å². The molecule has 0 spiro atoms. The first-order valence-electron chi connectivity index (χ1n) is 14.5. The molecule has 8 bridgehead atoms. The highest BCUT2D eigenvalue weighted by molar-refractivity contribution is 6.26. The number of nitrogens with zero attached hydrogens (tertiary/aromatic N) is 3. The summed E-state index contributed by atoms with van der Waals surface area (Å²) in [5.41, 5.74) is 13.3. The number of carbonyl (C=O) groups is 1. The molecule has 1 unspecified atom stereocenters. The number of nitrogens with one attached hydrogen (secondary N) is 1. The van der Waals surface area contributed by atoms with Gasteiger partial charge in [-0.25, -0.2) is 15.0 Å². The van der Waals surface area contributed by atoms with E-state index >= 15 is 0 Å². The minimum atomic E-state index is -0.879. The molecule has 4 N–H and O–H groups in total. The largest absolute Gasteiger partial charge is 0.511 e. The zero-order valence-corrected chi connectivity index (χ0v) is 25.2. The van der Waals surface area contributed by atoms with Crippen LogP contribution in [0.3, 0.4) is 0 Å². The van der Waals surface area contributed by atoms with E-state index in [9.17, 15) is 20.1 Å². The fourth-order valence-electron chi connectivity index (χ4n) is 6.92. The fraction of sp³-hybridized carbons (Fsp3) is 0.353. The fourth-order valence-corrected chi connectivity index (χ4v) is 6.92. The van der Waals surface area contributed by atoms with Crippen molar-refractivity contribution in [2.24, 2.45) is 15.0 Å². The van der Waals surface area contributed by atoms with Crippen LogP contribution in [0, 0.1) is 6.92 Å². The number of carboxylic acids is 1. The molecule has 1 aromatic rings. The van der Waals surface area contributed by atoms with Crippen molar-refractivity contribution in [3.8, 4) is 0 Å². The second-order valence-electron chi connectivity index (χ2n) is 11.6. The van der Waals surface area contributed by atoms with Gasteiger partial charge in [-0.2, -0.15) is 0 Å². The van der Waals surface area contributed by atoms with E-state index in [-0.39, 0.29) is 12.2 Å². The summed E-state index contributed by atoms with van der Waals surface area (Å²) in [4.78, 5) is 30.4. The minimum absolute atomic E-state index is 0.0344. The highest BCUT2D eigenvalue weighted by atomic mass is 16.4. The van der Waals surface area contributed by atoms with Gasteiger partial charge in [-0.3, -0.25) is 4.79 Å². The number of aromatic nitrogens is 1. The first-order chi connectivity index (χ1) is 19.9. The van der Waals surface area contributed by atoms with Gasteiger partial charge >= 0.3 is 5.97 Å². The molecule has 1 aliphatic carbocycles. The predicted molar refractivity (Wildman–Crippen MR) is 166 cm³/mol. The second kappa shape index (κ2) is 9.91. The molecule has 0 saturated heterocycles. The van der Waals surface area contributed by atoms with E-state index in [0.717, 1.165) is 84.4 Å². The van der Waals surface area contributed by atoms with E-state index in [2.05, 4.69) is 18.8 Å². The summed E-state index contributed by atoms with van der Waals surface area (Å²) in [6, 6.07) is 0. The van der Waals surface area contributed by atoms with Crippen LogP contribution in [0.15, 0.2) is 82.4 Å². The van der Waals surface area contributed by atoms with Crippen LogP contribution in [0.1, 0.15) is 71.9 Å². The molecule has 0 saturated carbocycles. The van der Waals surface area contributed by atoms with Gasteiger partial charge in [0.25, 0.3) is 0 Å². The third-order valence-corrected chi connectivity index (χ3v) is 9.10. The number of allylic oxidation sites excluding steroid dienone is 8. The molecule has 42 heavy (non-hydrogen) atoms. The lowest BCUT2D eigenvalue weighted by Gasteiger charge is -2.10. The van der Waals surface area contributed by atoms with Crippen molar-refractivity contribution < 1.29 is 20.1 Å². The summed E-state index contributed by atoms with van der Waals surface area (Å²) in [6.45, 7) is 13.9. The van der Waals surface area contributed by atoms with Crippen molar-refractivity contribution in [3.05, 3.63) is 89.3 Å². The molecule has 8 heteroatoms. The van der Waals surface area contributed by atoms with Gasteiger partial charge < -0.3 is 20.3 Å². The lowest BCUT2D eigenvalue weighted by atomic mass is 9.93. The summed E-state index contributed by atoms with van der Waals surface area (Å²) >= 11 is 0. The van der Waals surface area contributed by atoms with Crippen molar-refractivity contribution in [3.63, 3.8) is 0 Å². The van der Waals surface area contributed by atoms with Gasteiger partial charge in [-0.15, -0.1) is 0 Å². The Morgan fingerprint density at radius 3 is 2.36 bits per heavy atom. The molecule has 0 radical (unpaired) electrons. The van der Waals surface area contributed by atoms with Crippen LogP contribution in [0.25, 0.3) is 12.2 Å².